The summed E-state index contributed by atoms with van der Waals surface area (Å²) in [4.78, 5) is 4.18. The van der Waals surface area contributed by atoms with E-state index in [9.17, 15) is 4.39 Å². The molecule has 100 valence electrons. The molecule has 3 rings (SSSR count). The molecule has 19 heavy (non-hydrogen) atoms. The standard InChI is InChI=1S/C14H15BrFN3/c15-11-1-4-14(16)10(5-11)6-17-7-13-8-18-9-19(13)12-2-3-12/h1,4-5,8-9,12,17H,2-3,6-7H2. The van der Waals surface area contributed by atoms with Crippen molar-refractivity contribution >= 4 is 15.9 Å². The second kappa shape index (κ2) is 5.43. The molecule has 1 aliphatic rings. The van der Waals surface area contributed by atoms with Gasteiger partial charge in [0.2, 0.25) is 0 Å². The fourth-order valence-corrected chi connectivity index (χ4v) is 2.56. The molecule has 0 spiro atoms. The average Bonchev–Trinajstić information content (AvgIpc) is 3.14. The minimum absolute atomic E-state index is 0.175. The number of rotatable bonds is 5. The van der Waals surface area contributed by atoms with Crippen LogP contribution in [-0.2, 0) is 13.1 Å². The lowest BCUT2D eigenvalue weighted by Crippen LogP contribution is -2.16. The first-order valence-corrected chi connectivity index (χ1v) is 7.18. The maximum Gasteiger partial charge on any atom is 0.127 e. The summed E-state index contributed by atoms with van der Waals surface area (Å²) in [5.41, 5.74) is 1.84. The molecule has 5 heteroatoms. The highest BCUT2D eigenvalue weighted by molar-refractivity contribution is 9.10. The van der Waals surface area contributed by atoms with Crippen LogP contribution in [0.1, 0.15) is 30.1 Å². The first-order valence-electron chi connectivity index (χ1n) is 6.39. The van der Waals surface area contributed by atoms with Crippen LogP contribution in [0.3, 0.4) is 0 Å². The predicted octanol–water partition coefficient (Wildman–Crippen LogP) is 3.41. The molecule has 1 fully saturated rings. The van der Waals surface area contributed by atoms with E-state index >= 15 is 0 Å². The van der Waals surface area contributed by atoms with Crippen molar-refractivity contribution in [2.24, 2.45) is 0 Å². The molecular formula is C14H15BrFN3. The van der Waals surface area contributed by atoms with E-state index in [0.717, 1.165) is 10.2 Å². The molecule has 1 aromatic heterocycles. The zero-order valence-corrected chi connectivity index (χ0v) is 12.0. The smallest absolute Gasteiger partial charge is 0.127 e. The highest BCUT2D eigenvalue weighted by Gasteiger charge is 2.24. The molecule has 0 amide bonds. The summed E-state index contributed by atoms with van der Waals surface area (Å²) < 4.78 is 16.7. The monoisotopic (exact) mass is 323 g/mol. The van der Waals surface area contributed by atoms with Crippen LogP contribution in [0.4, 0.5) is 4.39 Å². The number of imidazole rings is 1. The van der Waals surface area contributed by atoms with Crippen LogP contribution in [0, 0.1) is 5.82 Å². The van der Waals surface area contributed by atoms with Crippen molar-refractivity contribution in [3.8, 4) is 0 Å². The molecule has 1 heterocycles. The Morgan fingerprint density at radius 2 is 2.21 bits per heavy atom. The van der Waals surface area contributed by atoms with E-state index in [4.69, 9.17) is 0 Å². The van der Waals surface area contributed by atoms with Crippen molar-refractivity contribution in [2.75, 3.05) is 0 Å². The Bertz CT molecular complexity index is 578. The second-order valence-electron chi connectivity index (χ2n) is 4.86. The van der Waals surface area contributed by atoms with E-state index in [1.54, 1.807) is 12.1 Å². The third kappa shape index (κ3) is 3.04. The van der Waals surface area contributed by atoms with Gasteiger partial charge in [0.15, 0.2) is 0 Å². The molecule has 3 nitrogen and oxygen atoms in total. The van der Waals surface area contributed by atoms with Gasteiger partial charge in [-0.25, -0.2) is 9.37 Å². The van der Waals surface area contributed by atoms with E-state index in [0.29, 0.717) is 24.7 Å². The summed E-state index contributed by atoms with van der Waals surface area (Å²) in [7, 11) is 0. The quantitative estimate of drug-likeness (QED) is 0.913. The SMILES string of the molecule is Fc1ccc(Br)cc1CNCc1cncn1C1CC1. The molecule has 0 saturated heterocycles. The molecule has 0 bridgehead atoms. The van der Waals surface area contributed by atoms with Crippen molar-refractivity contribution in [1.29, 1.82) is 0 Å². The van der Waals surface area contributed by atoms with Crippen LogP contribution in [0.5, 0.6) is 0 Å². The van der Waals surface area contributed by atoms with E-state index < -0.39 is 0 Å². The Morgan fingerprint density at radius 3 is 3.00 bits per heavy atom. The normalized spacial score (nSPS) is 14.8. The lowest BCUT2D eigenvalue weighted by atomic mass is 10.2. The molecular weight excluding hydrogens is 309 g/mol. The van der Waals surface area contributed by atoms with Crippen LogP contribution < -0.4 is 5.32 Å². The van der Waals surface area contributed by atoms with Crippen molar-refractivity contribution in [2.45, 2.75) is 32.0 Å². The summed E-state index contributed by atoms with van der Waals surface area (Å²) in [5, 5.41) is 3.27. The van der Waals surface area contributed by atoms with Gasteiger partial charge in [-0.1, -0.05) is 15.9 Å². The largest absolute Gasteiger partial charge is 0.330 e. The van der Waals surface area contributed by atoms with Gasteiger partial charge in [-0.2, -0.15) is 0 Å². The number of nitrogens with one attached hydrogen (secondary N) is 1. The third-order valence-electron chi connectivity index (χ3n) is 3.32. The third-order valence-corrected chi connectivity index (χ3v) is 3.81. The molecule has 0 atom stereocenters. The van der Waals surface area contributed by atoms with Gasteiger partial charge in [0.25, 0.3) is 0 Å². The molecule has 1 aromatic carbocycles. The lowest BCUT2D eigenvalue weighted by molar-refractivity contribution is 0.575. The molecule has 1 N–H and O–H groups in total. The highest BCUT2D eigenvalue weighted by atomic mass is 79.9. The maximum absolute atomic E-state index is 13.6. The van der Waals surface area contributed by atoms with Crippen LogP contribution >= 0.6 is 15.9 Å². The zero-order valence-electron chi connectivity index (χ0n) is 10.4. The number of nitrogens with zero attached hydrogens (tertiary/aromatic N) is 2. The Hall–Kier alpha value is -1.20. The van der Waals surface area contributed by atoms with Gasteiger partial charge >= 0.3 is 0 Å². The molecule has 1 saturated carbocycles. The van der Waals surface area contributed by atoms with Gasteiger partial charge in [0.05, 0.1) is 12.0 Å². The Kier molecular flexibility index (Phi) is 3.66. The molecule has 0 radical (unpaired) electrons. The van der Waals surface area contributed by atoms with Gasteiger partial charge in [-0.3, -0.25) is 0 Å². The van der Waals surface area contributed by atoms with Gasteiger partial charge < -0.3 is 9.88 Å². The van der Waals surface area contributed by atoms with Crippen LogP contribution in [0.15, 0.2) is 35.2 Å². The van der Waals surface area contributed by atoms with Crippen molar-refractivity contribution in [1.82, 2.24) is 14.9 Å². The number of halogens is 2. The number of aromatic nitrogens is 2. The van der Waals surface area contributed by atoms with Gasteiger partial charge in [-0.15, -0.1) is 0 Å². The van der Waals surface area contributed by atoms with Crippen LogP contribution in [0.25, 0.3) is 0 Å². The molecule has 1 aliphatic carbocycles. The van der Waals surface area contributed by atoms with Crippen molar-refractivity contribution in [3.05, 3.63) is 52.3 Å². The fraction of sp³-hybridized carbons (Fsp3) is 0.357. The number of hydrogen-bond donors (Lipinski definition) is 1. The first-order chi connectivity index (χ1) is 9.24. The number of hydrogen-bond acceptors (Lipinski definition) is 2. The van der Waals surface area contributed by atoms with Gasteiger partial charge in [0.1, 0.15) is 5.82 Å². The van der Waals surface area contributed by atoms with Crippen LogP contribution in [0.2, 0.25) is 0 Å². The summed E-state index contributed by atoms with van der Waals surface area (Å²) >= 11 is 3.36. The molecule has 2 aromatic rings. The van der Waals surface area contributed by atoms with E-state index in [-0.39, 0.29) is 5.82 Å². The Balaban J connectivity index is 1.60. The summed E-state index contributed by atoms with van der Waals surface area (Å²) in [6, 6.07) is 5.62. The molecule has 0 unspecified atom stereocenters. The Morgan fingerprint density at radius 1 is 1.37 bits per heavy atom. The summed E-state index contributed by atoms with van der Waals surface area (Å²) in [5.74, 6) is -0.175. The zero-order chi connectivity index (χ0) is 13.2. The molecule has 0 aliphatic heterocycles. The predicted molar refractivity (Wildman–Crippen MR) is 75.1 cm³/mol. The highest BCUT2D eigenvalue weighted by Crippen LogP contribution is 2.35. The second-order valence-corrected chi connectivity index (χ2v) is 5.78. The minimum Gasteiger partial charge on any atom is -0.330 e. The van der Waals surface area contributed by atoms with E-state index in [1.165, 1.54) is 18.9 Å². The van der Waals surface area contributed by atoms with Crippen molar-refractivity contribution < 1.29 is 4.39 Å². The maximum atomic E-state index is 13.6. The topological polar surface area (TPSA) is 29.9 Å². The summed E-state index contributed by atoms with van der Waals surface area (Å²) in [6.45, 7) is 1.23. The van der Waals surface area contributed by atoms with E-state index in [1.807, 2.05) is 12.5 Å². The van der Waals surface area contributed by atoms with Crippen molar-refractivity contribution in [3.63, 3.8) is 0 Å². The minimum atomic E-state index is -0.175. The summed E-state index contributed by atoms with van der Waals surface area (Å²) in [6.07, 6.45) is 6.24. The van der Waals surface area contributed by atoms with Crippen LogP contribution in [-0.4, -0.2) is 9.55 Å². The first kappa shape index (κ1) is 12.8. The lowest BCUT2D eigenvalue weighted by Gasteiger charge is -2.09. The van der Waals surface area contributed by atoms with E-state index in [2.05, 4.69) is 30.8 Å². The average molecular weight is 324 g/mol. The number of benzene rings is 1. The Labute approximate surface area is 120 Å². The van der Waals surface area contributed by atoms with Gasteiger partial charge in [0, 0.05) is 35.4 Å². The van der Waals surface area contributed by atoms with Gasteiger partial charge in [-0.05, 0) is 31.0 Å². The fourth-order valence-electron chi connectivity index (χ4n) is 2.15.